The first kappa shape index (κ1) is 11.7. The van der Waals surface area contributed by atoms with E-state index >= 15 is 0 Å². The van der Waals surface area contributed by atoms with Gasteiger partial charge in [0, 0.05) is 5.38 Å². The van der Waals surface area contributed by atoms with Crippen molar-refractivity contribution < 1.29 is 23.1 Å². The number of hydrogen-bond acceptors (Lipinski definition) is 6. The lowest BCUT2D eigenvalue weighted by molar-refractivity contribution is 0.0602. The van der Waals surface area contributed by atoms with Crippen LogP contribution < -0.4 is 0 Å². The molecule has 1 rings (SSSR count). The second kappa shape index (κ2) is 4.94. The molecule has 0 saturated heterocycles. The van der Waals surface area contributed by atoms with Gasteiger partial charge in [-0.3, -0.25) is 0 Å². The Labute approximate surface area is 90.9 Å². The lowest BCUT2D eigenvalue weighted by atomic mass is 10.4. The van der Waals surface area contributed by atoms with E-state index in [1.165, 1.54) is 11.5 Å². The number of rotatable bonds is 3. The Morgan fingerprint density at radius 3 is 2.87 bits per heavy atom. The fraction of sp³-hybridized carbons (Fsp3) is 0.143. The SMILES string of the molecule is COC(=O)c1scc(N=C=O)c1S(=O)O. The highest BCUT2D eigenvalue weighted by atomic mass is 32.2. The zero-order chi connectivity index (χ0) is 11.4. The molecule has 1 aromatic heterocycles. The van der Waals surface area contributed by atoms with E-state index in [1.807, 2.05) is 0 Å². The summed E-state index contributed by atoms with van der Waals surface area (Å²) in [7, 11) is 1.15. The van der Waals surface area contributed by atoms with Crippen molar-refractivity contribution in [2.75, 3.05) is 7.11 Å². The average Bonchev–Trinajstić information content (AvgIpc) is 2.61. The second-order valence-corrected chi connectivity index (χ2v) is 4.01. The number of carbonyl (C=O) groups is 1. The van der Waals surface area contributed by atoms with Crippen LogP contribution in [0.15, 0.2) is 15.3 Å². The van der Waals surface area contributed by atoms with Crippen LogP contribution in [0.5, 0.6) is 0 Å². The monoisotopic (exact) mass is 247 g/mol. The van der Waals surface area contributed by atoms with Gasteiger partial charge in [0.25, 0.3) is 0 Å². The molecule has 1 aromatic rings. The fourth-order valence-corrected chi connectivity index (χ4v) is 2.62. The van der Waals surface area contributed by atoms with Crippen molar-refractivity contribution in [3.8, 4) is 0 Å². The molecule has 0 bridgehead atoms. The molecular formula is C7H5NO5S2. The van der Waals surface area contributed by atoms with E-state index in [9.17, 15) is 13.8 Å². The van der Waals surface area contributed by atoms with Gasteiger partial charge in [-0.05, 0) is 0 Å². The van der Waals surface area contributed by atoms with Crippen molar-refractivity contribution in [3.63, 3.8) is 0 Å². The number of ether oxygens (including phenoxy) is 1. The molecule has 1 unspecified atom stereocenters. The van der Waals surface area contributed by atoms with Crippen molar-refractivity contribution >= 4 is 40.2 Å². The summed E-state index contributed by atoms with van der Waals surface area (Å²) < 4.78 is 24.2. The van der Waals surface area contributed by atoms with Crippen LogP contribution in [0.25, 0.3) is 0 Å². The predicted molar refractivity (Wildman–Crippen MR) is 52.5 cm³/mol. The van der Waals surface area contributed by atoms with Crippen LogP contribution in [0.1, 0.15) is 9.67 Å². The summed E-state index contributed by atoms with van der Waals surface area (Å²) in [4.78, 5) is 24.1. The molecule has 0 radical (unpaired) electrons. The highest BCUT2D eigenvalue weighted by molar-refractivity contribution is 7.79. The molecule has 15 heavy (non-hydrogen) atoms. The van der Waals surface area contributed by atoms with E-state index in [1.54, 1.807) is 0 Å². The van der Waals surface area contributed by atoms with Crippen LogP contribution in [-0.2, 0) is 20.6 Å². The van der Waals surface area contributed by atoms with Gasteiger partial charge in [-0.2, -0.15) is 4.99 Å². The van der Waals surface area contributed by atoms with Crippen LogP contribution in [0, 0.1) is 0 Å². The standard InChI is InChI=1S/C7H5NO5S2/c1-13-7(10)5-6(15(11)12)4(2-14-5)8-3-9/h2H,1H3,(H,11,12). The summed E-state index contributed by atoms with van der Waals surface area (Å²) in [6.07, 6.45) is 1.23. The van der Waals surface area contributed by atoms with Crippen molar-refractivity contribution in [2.24, 2.45) is 4.99 Å². The molecule has 0 aliphatic rings. The maximum absolute atomic E-state index is 11.2. The summed E-state index contributed by atoms with van der Waals surface area (Å²) in [6, 6.07) is 0. The van der Waals surface area contributed by atoms with Gasteiger partial charge in [0.1, 0.15) is 15.5 Å². The summed E-state index contributed by atoms with van der Waals surface area (Å²) in [5, 5.41) is 1.31. The number of aliphatic imine (C=N–C) groups is 1. The first-order valence-corrected chi connectivity index (χ1v) is 5.49. The highest BCUT2D eigenvalue weighted by Crippen LogP contribution is 2.32. The number of carbonyl (C=O) groups excluding carboxylic acids is 2. The van der Waals surface area contributed by atoms with Crippen LogP contribution in [0.4, 0.5) is 5.69 Å². The van der Waals surface area contributed by atoms with Crippen molar-refractivity contribution in [1.29, 1.82) is 0 Å². The van der Waals surface area contributed by atoms with E-state index < -0.39 is 17.0 Å². The van der Waals surface area contributed by atoms with Crippen molar-refractivity contribution in [3.05, 3.63) is 10.3 Å². The van der Waals surface area contributed by atoms with Gasteiger partial charge >= 0.3 is 5.97 Å². The van der Waals surface area contributed by atoms with Gasteiger partial charge in [-0.25, -0.2) is 13.8 Å². The molecule has 0 amide bonds. The van der Waals surface area contributed by atoms with Crippen LogP contribution >= 0.6 is 11.3 Å². The lowest BCUT2D eigenvalue weighted by Crippen LogP contribution is -2.02. The third-order valence-electron chi connectivity index (χ3n) is 1.44. The molecule has 0 saturated carbocycles. The maximum Gasteiger partial charge on any atom is 0.349 e. The smallest absolute Gasteiger partial charge is 0.349 e. The topological polar surface area (TPSA) is 93.0 Å². The molecule has 0 aliphatic carbocycles. The van der Waals surface area contributed by atoms with Gasteiger partial charge < -0.3 is 9.29 Å². The van der Waals surface area contributed by atoms with E-state index in [0.717, 1.165) is 18.4 Å². The van der Waals surface area contributed by atoms with Gasteiger partial charge in [0.05, 0.1) is 7.11 Å². The molecule has 8 heteroatoms. The zero-order valence-corrected chi connectivity index (χ0v) is 9.05. The van der Waals surface area contributed by atoms with Crippen molar-refractivity contribution in [2.45, 2.75) is 4.90 Å². The molecule has 0 spiro atoms. The summed E-state index contributed by atoms with van der Waals surface area (Å²) in [6.45, 7) is 0. The first-order valence-electron chi connectivity index (χ1n) is 3.50. The average molecular weight is 247 g/mol. The Morgan fingerprint density at radius 2 is 2.40 bits per heavy atom. The summed E-state index contributed by atoms with van der Waals surface area (Å²) >= 11 is -1.53. The molecule has 80 valence electrons. The Hall–Kier alpha value is -1.34. The first-order chi connectivity index (χ1) is 7.11. The Kier molecular flexibility index (Phi) is 3.87. The van der Waals surface area contributed by atoms with Crippen LogP contribution in [0.3, 0.4) is 0 Å². The summed E-state index contributed by atoms with van der Waals surface area (Å²) in [5.74, 6) is -0.746. The molecule has 1 N–H and O–H groups in total. The van der Waals surface area contributed by atoms with Crippen LogP contribution in [-0.4, -0.2) is 27.9 Å². The highest BCUT2D eigenvalue weighted by Gasteiger charge is 2.22. The fourth-order valence-electron chi connectivity index (χ4n) is 0.867. The second-order valence-electron chi connectivity index (χ2n) is 2.22. The Balaban J connectivity index is 3.36. The van der Waals surface area contributed by atoms with E-state index in [4.69, 9.17) is 4.55 Å². The predicted octanol–water partition coefficient (Wildman–Crippen LogP) is 1.08. The minimum Gasteiger partial charge on any atom is -0.465 e. The molecule has 0 aromatic carbocycles. The summed E-state index contributed by atoms with van der Waals surface area (Å²) in [5.41, 5.74) is -0.0452. The number of methoxy groups -OCH3 is 1. The maximum atomic E-state index is 11.2. The number of isocyanates is 1. The third kappa shape index (κ3) is 2.37. The van der Waals surface area contributed by atoms with Gasteiger partial charge in [-0.1, -0.05) is 0 Å². The largest absolute Gasteiger partial charge is 0.465 e. The molecule has 1 heterocycles. The Morgan fingerprint density at radius 1 is 1.73 bits per heavy atom. The van der Waals surface area contributed by atoms with E-state index in [2.05, 4.69) is 9.73 Å². The minimum absolute atomic E-state index is 0.0452. The van der Waals surface area contributed by atoms with Crippen LogP contribution in [0.2, 0.25) is 0 Å². The van der Waals surface area contributed by atoms with E-state index in [0.29, 0.717) is 0 Å². The van der Waals surface area contributed by atoms with Gasteiger partial charge in [0.15, 0.2) is 11.1 Å². The minimum atomic E-state index is -2.41. The normalized spacial score (nSPS) is 11.6. The van der Waals surface area contributed by atoms with E-state index in [-0.39, 0.29) is 15.5 Å². The molecule has 6 nitrogen and oxygen atoms in total. The number of thiophene rings is 1. The molecule has 0 fully saturated rings. The number of hydrogen-bond donors (Lipinski definition) is 1. The third-order valence-corrected chi connectivity index (χ3v) is 3.28. The Bertz CT molecular complexity index is 460. The lowest BCUT2D eigenvalue weighted by Gasteiger charge is -1.97. The quantitative estimate of drug-likeness (QED) is 0.373. The van der Waals surface area contributed by atoms with Gasteiger partial charge in [-0.15, -0.1) is 11.3 Å². The zero-order valence-electron chi connectivity index (χ0n) is 7.42. The van der Waals surface area contributed by atoms with Gasteiger partial charge in [0.2, 0.25) is 6.08 Å². The molecular weight excluding hydrogens is 242 g/mol. The number of nitrogens with zero attached hydrogens (tertiary/aromatic N) is 1. The van der Waals surface area contributed by atoms with Crippen molar-refractivity contribution in [1.82, 2.24) is 0 Å². The number of esters is 1. The molecule has 1 atom stereocenters. The molecule has 0 aliphatic heterocycles.